The number of rotatable bonds is 4. The SMILES string of the molecule is Cc1cc(C2(c3cc(C)c(O)c(C)c3)CCC(C3(c4ccc(O)cc4)CCC(C)C3)CC2)cc(C)c1O. The van der Waals surface area contributed by atoms with Crippen LogP contribution in [0.15, 0.2) is 48.5 Å². The minimum absolute atomic E-state index is 0.149. The molecule has 0 radical (unpaired) electrons. The number of hydrogen-bond donors (Lipinski definition) is 3. The molecule has 0 aliphatic heterocycles. The van der Waals surface area contributed by atoms with Crippen molar-refractivity contribution in [2.75, 3.05) is 0 Å². The molecule has 3 aromatic rings. The van der Waals surface area contributed by atoms with Crippen molar-refractivity contribution >= 4 is 0 Å². The van der Waals surface area contributed by atoms with E-state index in [1.807, 2.05) is 39.8 Å². The Bertz CT molecular complexity index is 1190. The van der Waals surface area contributed by atoms with Crippen molar-refractivity contribution in [3.63, 3.8) is 0 Å². The molecule has 3 N–H and O–H groups in total. The fraction of sp³-hybridized carbons (Fsp3) is 0.471. The maximum atomic E-state index is 10.5. The van der Waals surface area contributed by atoms with Gasteiger partial charge in [0.05, 0.1) is 0 Å². The van der Waals surface area contributed by atoms with Crippen LogP contribution in [-0.2, 0) is 10.8 Å². The summed E-state index contributed by atoms with van der Waals surface area (Å²) in [6, 6.07) is 16.8. The van der Waals surface area contributed by atoms with Gasteiger partial charge in [0.25, 0.3) is 0 Å². The molecule has 0 bridgehead atoms. The lowest BCUT2D eigenvalue weighted by molar-refractivity contribution is 0.163. The molecule has 0 aromatic heterocycles. The van der Waals surface area contributed by atoms with E-state index in [0.29, 0.717) is 29.1 Å². The van der Waals surface area contributed by atoms with E-state index in [0.717, 1.165) is 47.9 Å². The summed E-state index contributed by atoms with van der Waals surface area (Å²) in [4.78, 5) is 0. The highest BCUT2D eigenvalue weighted by Gasteiger charge is 2.49. The third-order valence-electron chi connectivity index (χ3n) is 9.95. The van der Waals surface area contributed by atoms with E-state index >= 15 is 0 Å². The Morgan fingerprint density at radius 1 is 0.622 bits per heavy atom. The van der Waals surface area contributed by atoms with E-state index in [9.17, 15) is 15.3 Å². The quantitative estimate of drug-likeness (QED) is 0.339. The highest BCUT2D eigenvalue weighted by atomic mass is 16.3. The van der Waals surface area contributed by atoms with Crippen molar-refractivity contribution < 1.29 is 15.3 Å². The monoisotopic (exact) mass is 498 g/mol. The second kappa shape index (κ2) is 9.42. The highest BCUT2D eigenvalue weighted by Crippen LogP contribution is 2.57. The first-order valence-electron chi connectivity index (χ1n) is 14.0. The summed E-state index contributed by atoms with van der Waals surface area (Å²) in [6.45, 7) is 10.4. The van der Waals surface area contributed by atoms with Gasteiger partial charge in [-0.15, -0.1) is 0 Å². The Hall–Kier alpha value is -2.94. The number of phenolic OH excluding ortho intramolecular Hbond substituents is 3. The van der Waals surface area contributed by atoms with Gasteiger partial charge in [-0.25, -0.2) is 0 Å². The Labute approximate surface area is 222 Å². The molecule has 2 fully saturated rings. The molecule has 0 heterocycles. The predicted octanol–water partition coefficient (Wildman–Crippen LogP) is 8.27. The van der Waals surface area contributed by atoms with Gasteiger partial charge in [0.15, 0.2) is 0 Å². The van der Waals surface area contributed by atoms with Gasteiger partial charge >= 0.3 is 0 Å². The second-order valence-corrected chi connectivity index (χ2v) is 12.3. The van der Waals surface area contributed by atoms with Gasteiger partial charge in [-0.1, -0.05) is 43.3 Å². The molecule has 0 amide bonds. The zero-order valence-corrected chi connectivity index (χ0v) is 23.1. The average molecular weight is 499 g/mol. The summed E-state index contributed by atoms with van der Waals surface area (Å²) in [7, 11) is 0. The van der Waals surface area contributed by atoms with E-state index in [2.05, 4.69) is 43.3 Å². The number of hydrogen-bond acceptors (Lipinski definition) is 3. The first-order valence-corrected chi connectivity index (χ1v) is 14.0. The molecule has 2 unspecified atom stereocenters. The van der Waals surface area contributed by atoms with Crippen LogP contribution in [-0.4, -0.2) is 15.3 Å². The number of phenols is 3. The Kier molecular flexibility index (Phi) is 6.54. The largest absolute Gasteiger partial charge is 0.508 e. The molecule has 0 spiro atoms. The number of aryl methyl sites for hydroxylation is 4. The van der Waals surface area contributed by atoms with Crippen LogP contribution >= 0.6 is 0 Å². The molecule has 2 saturated carbocycles. The minimum atomic E-state index is -0.149. The van der Waals surface area contributed by atoms with Gasteiger partial charge < -0.3 is 15.3 Å². The van der Waals surface area contributed by atoms with Crippen LogP contribution < -0.4 is 0 Å². The normalized spacial score (nSPS) is 23.9. The van der Waals surface area contributed by atoms with Gasteiger partial charge in [-0.2, -0.15) is 0 Å². The molecule has 3 aromatic carbocycles. The molecule has 2 aliphatic carbocycles. The molecular formula is C34H42O3. The molecule has 2 atom stereocenters. The maximum absolute atomic E-state index is 10.5. The zero-order valence-electron chi connectivity index (χ0n) is 23.1. The summed E-state index contributed by atoms with van der Waals surface area (Å²) >= 11 is 0. The van der Waals surface area contributed by atoms with Crippen molar-refractivity contribution in [1.29, 1.82) is 0 Å². The predicted molar refractivity (Wildman–Crippen MR) is 151 cm³/mol. The van der Waals surface area contributed by atoms with Gasteiger partial charge in [-0.05, 0) is 141 Å². The second-order valence-electron chi connectivity index (χ2n) is 12.3. The van der Waals surface area contributed by atoms with Crippen LogP contribution in [0.2, 0.25) is 0 Å². The fourth-order valence-corrected chi connectivity index (χ4v) is 7.86. The number of aromatic hydroxyl groups is 3. The lowest BCUT2D eigenvalue weighted by Gasteiger charge is -2.48. The maximum Gasteiger partial charge on any atom is 0.121 e. The third-order valence-corrected chi connectivity index (χ3v) is 9.95. The van der Waals surface area contributed by atoms with Crippen molar-refractivity contribution in [3.05, 3.63) is 87.5 Å². The zero-order chi connectivity index (χ0) is 26.5. The van der Waals surface area contributed by atoms with Gasteiger partial charge in [0, 0.05) is 5.41 Å². The molecule has 0 saturated heterocycles. The van der Waals surface area contributed by atoms with Crippen LogP contribution in [0.5, 0.6) is 17.2 Å². The number of benzene rings is 3. The van der Waals surface area contributed by atoms with Crippen molar-refractivity contribution in [2.24, 2.45) is 11.8 Å². The Morgan fingerprint density at radius 3 is 1.49 bits per heavy atom. The molecule has 196 valence electrons. The van der Waals surface area contributed by atoms with E-state index in [-0.39, 0.29) is 10.8 Å². The topological polar surface area (TPSA) is 60.7 Å². The van der Waals surface area contributed by atoms with Crippen LogP contribution in [0.4, 0.5) is 0 Å². The molecule has 3 nitrogen and oxygen atoms in total. The summed E-state index contributed by atoms with van der Waals surface area (Å²) in [6.07, 6.45) is 8.03. The lowest BCUT2D eigenvalue weighted by Crippen LogP contribution is -2.41. The van der Waals surface area contributed by atoms with Crippen LogP contribution in [0.25, 0.3) is 0 Å². The molecule has 5 rings (SSSR count). The summed E-state index contributed by atoms with van der Waals surface area (Å²) in [5.41, 5.74) is 7.67. The van der Waals surface area contributed by atoms with E-state index in [1.165, 1.54) is 36.0 Å². The Morgan fingerprint density at radius 2 is 1.08 bits per heavy atom. The van der Waals surface area contributed by atoms with Gasteiger partial charge in [0.1, 0.15) is 17.2 Å². The van der Waals surface area contributed by atoms with Gasteiger partial charge in [-0.3, -0.25) is 0 Å². The summed E-state index contributed by atoms with van der Waals surface area (Å²) < 4.78 is 0. The van der Waals surface area contributed by atoms with E-state index in [4.69, 9.17) is 0 Å². The molecule has 37 heavy (non-hydrogen) atoms. The van der Waals surface area contributed by atoms with Gasteiger partial charge in [0.2, 0.25) is 0 Å². The summed E-state index contributed by atoms with van der Waals surface area (Å²) in [5, 5.41) is 31.1. The minimum Gasteiger partial charge on any atom is -0.508 e. The lowest BCUT2D eigenvalue weighted by atomic mass is 9.56. The van der Waals surface area contributed by atoms with Crippen LogP contribution in [0.1, 0.15) is 90.8 Å². The van der Waals surface area contributed by atoms with Crippen molar-refractivity contribution in [1.82, 2.24) is 0 Å². The summed E-state index contributed by atoms with van der Waals surface area (Å²) in [5.74, 6) is 2.41. The molecule has 3 heteroatoms. The highest BCUT2D eigenvalue weighted by molar-refractivity contribution is 5.52. The average Bonchev–Trinajstić information content (AvgIpc) is 3.28. The Balaban J connectivity index is 1.58. The van der Waals surface area contributed by atoms with Crippen molar-refractivity contribution in [3.8, 4) is 17.2 Å². The van der Waals surface area contributed by atoms with Crippen LogP contribution in [0, 0.1) is 39.5 Å². The third kappa shape index (κ3) is 4.31. The first kappa shape index (κ1) is 25.7. The molecule has 2 aliphatic rings. The molecular weight excluding hydrogens is 456 g/mol. The van der Waals surface area contributed by atoms with Crippen LogP contribution in [0.3, 0.4) is 0 Å². The standard InChI is InChI=1S/C34H42O3/c1-21-10-13-34(20-21,26-6-8-30(35)9-7-26)27-11-14-33(15-12-27,28-16-22(2)31(36)23(3)17-28)29-18-24(4)32(37)25(5)19-29/h6-9,16-19,21,27,35-37H,10-15,20H2,1-5H3. The first-order chi connectivity index (χ1) is 17.6. The van der Waals surface area contributed by atoms with E-state index in [1.54, 1.807) is 0 Å². The fourth-order valence-electron chi connectivity index (χ4n) is 7.86. The van der Waals surface area contributed by atoms with Crippen molar-refractivity contribution in [2.45, 2.75) is 90.4 Å². The van der Waals surface area contributed by atoms with E-state index < -0.39 is 0 Å². The smallest absolute Gasteiger partial charge is 0.121 e.